The molecule has 0 radical (unpaired) electrons. The van der Waals surface area contributed by atoms with Crippen molar-refractivity contribution in [1.82, 2.24) is 9.97 Å². The zero-order valence-electron chi connectivity index (χ0n) is 7.36. The molecule has 1 rings (SSSR count). The molecule has 10 heteroatoms. The molecule has 0 saturated carbocycles. The highest BCUT2D eigenvalue weighted by Gasteiger charge is 2.00. The number of nitrogen functional groups attached to an aromatic ring is 1. The van der Waals surface area contributed by atoms with Crippen LogP contribution >= 0.6 is 7.82 Å². The first kappa shape index (κ1) is 13.8. The average Bonchev–Trinajstić information content (AvgIpc) is 2.01. The quantitative estimate of drug-likeness (QED) is 0.303. The maximum atomic E-state index is 10.4. The Morgan fingerprint density at radius 3 is 2.27 bits per heavy atom. The van der Waals surface area contributed by atoms with Crippen LogP contribution in [-0.2, 0) is 11.2 Å². The minimum atomic E-state index is -4.64. The summed E-state index contributed by atoms with van der Waals surface area (Å²) in [5.74, 6) is 0.0752. The lowest BCUT2D eigenvalue weighted by Gasteiger charge is -1.96. The smallest absolute Gasteiger partial charge is 0.391 e. The molecule has 0 spiro atoms. The minimum absolute atomic E-state index is 0.0752. The van der Waals surface area contributed by atoms with Gasteiger partial charge in [-0.2, -0.15) is 4.98 Å². The highest BCUT2D eigenvalue weighted by Crippen LogP contribution is 2.25. The lowest BCUT2D eigenvalue weighted by Crippen LogP contribution is -2.13. The molecule has 0 unspecified atom stereocenters. The lowest BCUT2D eigenvalue weighted by atomic mass is 10.3. The van der Waals surface area contributed by atoms with Gasteiger partial charge >= 0.3 is 13.5 Å². The Hall–Kier alpha value is -1.25. The van der Waals surface area contributed by atoms with Gasteiger partial charge in [-0.1, -0.05) is 0 Å². The van der Waals surface area contributed by atoms with Gasteiger partial charge in [0, 0.05) is 11.8 Å². The zero-order valence-corrected chi connectivity index (χ0v) is 8.26. The number of hydrogen-bond acceptors (Lipinski definition) is 5. The van der Waals surface area contributed by atoms with Gasteiger partial charge in [0.15, 0.2) is 0 Å². The van der Waals surface area contributed by atoms with Gasteiger partial charge in [-0.3, -0.25) is 0 Å². The molecular formula is C5H10N3O6P. The van der Waals surface area contributed by atoms with E-state index in [2.05, 4.69) is 9.97 Å². The van der Waals surface area contributed by atoms with Gasteiger partial charge in [0.2, 0.25) is 0 Å². The van der Waals surface area contributed by atoms with Crippen LogP contribution < -0.4 is 11.4 Å². The summed E-state index contributed by atoms with van der Waals surface area (Å²) >= 11 is 0. The second kappa shape index (κ2) is 5.59. The predicted octanol–water partition coefficient (Wildman–Crippen LogP) is -2.08. The number of H-pyrrole nitrogens is 1. The van der Waals surface area contributed by atoms with E-state index >= 15 is 0 Å². The van der Waals surface area contributed by atoms with E-state index in [1.54, 1.807) is 0 Å². The van der Waals surface area contributed by atoms with E-state index in [-0.39, 0.29) is 12.4 Å². The van der Waals surface area contributed by atoms with Gasteiger partial charge in [0.1, 0.15) is 5.82 Å². The molecule has 0 amide bonds. The van der Waals surface area contributed by atoms with E-state index in [4.69, 9.17) is 30.1 Å². The summed E-state index contributed by atoms with van der Waals surface area (Å²) in [6.45, 7) is -0.213. The van der Waals surface area contributed by atoms with E-state index in [1.165, 1.54) is 6.20 Å². The highest BCUT2D eigenvalue weighted by molar-refractivity contribution is 7.45. The fourth-order valence-electron chi connectivity index (χ4n) is 0.563. The summed E-state index contributed by atoms with van der Waals surface area (Å²) in [7, 11) is -4.64. The van der Waals surface area contributed by atoms with Crippen LogP contribution in [0.2, 0.25) is 0 Å². The predicted molar refractivity (Wildman–Crippen MR) is 49.5 cm³/mol. The molecule has 9 nitrogen and oxygen atoms in total. The van der Waals surface area contributed by atoms with Crippen molar-refractivity contribution in [2.24, 2.45) is 0 Å². The Bertz CT molecular complexity index is 403. The van der Waals surface area contributed by atoms with E-state index < -0.39 is 13.5 Å². The fraction of sp³-hybridized carbons (Fsp3) is 0.200. The molecule has 1 aromatic heterocycles. The first-order valence-electron chi connectivity index (χ1n) is 3.47. The first-order chi connectivity index (χ1) is 6.74. The number of aromatic nitrogens is 2. The Labute approximate surface area is 83.5 Å². The third-order valence-electron chi connectivity index (χ3n) is 1.09. The largest absolute Gasteiger partial charge is 0.466 e. The van der Waals surface area contributed by atoms with Crippen molar-refractivity contribution in [2.75, 3.05) is 5.73 Å². The van der Waals surface area contributed by atoms with Crippen LogP contribution in [0.15, 0.2) is 11.0 Å². The van der Waals surface area contributed by atoms with Crippen molar-refractivity contribution in [3.63, 3.8) is 0 Å². The number of aliphatic hydroxyl groups is 1. The number of rotatable bonds is 1. The number of nitrogens with one attached hydrogen (secondary N) is 1. The van der Waals surface area contributed by atoms with Crippen molar-refractivity contribution in [2.45, 2.75) is 6.61 Å². The molecule has 1 aromatic rings. The maximum absolute atomic E-state index is 10.4. The molecule has 15 heavy (non-hydrogen) atoms. The average molecular weight is 239 g/mol. The molecule has 86 valence electrons. The molecular weight excluding hydrogens is 229 g/mol. The SMILES string of the molecule is Nc1nc(=O)[nH]cc1CO.O=P(O)(O)O. The van der Waals surface area contributed by atoms with Crippen LogP contribution in [0.1, 0.15) is 5.56 Å². The van der Waals surface area contributed by atoms with Gasteiger partial charge in [0.05, 0.1) is 6.61 Å². The second-order valence-corrected chi connectivity index (χ2v) is 3.31. The van der Waals surface area contributed by atoms with E-state index in [0.29, 0.717) is 5.56 Å². The summed E-state index contributed by atoms with van der Waals surface area (Å²) in [6.07, 6.45) is 1.34. The number of aliphatic hydroxyl groups excluding tert-OH is 1. The number of phosphoric acid groups is 1. The summed E-state index contributed by atoms with van der Waals surface area (Å²) < 4.78 is 8.88. The van der Waals surface area contributed by atoms with E-state index in [9.17, 15) is 4.79 Å². The van der Waals surface area contributed by atoms with Gasteiger partial charge in [-0.25, -0.2) is 9.36 Å². The van der Waals surface area contributed by atoms with Crippen molar-refractivity contribution < 1.29 is 24.4 Å². The van der Waals surface area contributed by atoms with E-state index in [0.717, 1.165) is 0 Å². The van der Waals surface area contributed by atoms with Crippen LogP contribution in [0, 0.1) is 0 Å². The van der Waals surface area contributed by atoms with Crippen molar-refractivity contribution >= 4 is 13.6 Å². The number of aromatic amines is 1. The molecule has 0 atom stereocenters. The van der Waals surface area contributed by atoms with Gasteiger partial charge < -0.3 is 30.5 Å². The molecule has 0 aliphatic carbocycles. The van der Waals surface area contributed by atoms with Crippen molar-refractivity contribution in [3.8, 4) is 0 Å². The summed E-state index contributed by atoms with van der Waals surface area (Å²) in [5, 5.41) is 8.57. The lowest BCUT2D eigenvalue weighted by molar-refractivity contribution is 0.275. The van der Waals surface area contributed by atoms with Crippen LogP contribution in [-0.4, -0.2) is 29.8 Å². The number of nitrogens with zero attached hydrogens (tertiary/aromatic N) is 1. The third kappa shape index (κ3) is 7.79. The van der Waals surface area contributed by atoms with Crippen molar-refractivity contribution in [1.29, 1.82) is 0 Å². The monoisotopic (exact) mass is 239 g/mol. The summed E-state index contributed by atoms with van der Waals surface area (Å²) in [4.78, 5) is 37.6. The standard InChI is InChI=1S/C5H7N3O2.H3O4P/c6-4-3(2-9)1-7-5(10)8-4;1-5(2,3)4/h1,9H,2H2,(H3,6,7,8,10);(H3,1,2,3,4). The highest BCUT2D eigenvalue weighted by atomic mass is 31.2. The van der Waals surface area contributed by atoms with Crippen LogP contribution in [0.25, 0.3) is 0 Å². The minimum Gasteiger partial charge on any atom is -0.391 e. The molecule has 0 aliphatic rings. The number of nitrogens with two attached hydrogens (primary N) is 1. The first-order valence-corrected chi connectivity index (χ1v) is 5.03. The van der Waals surface area contributed by atoms with Gasteiger partial charge in [0.25, 0.3) is 0 Å². The molecule has 0 fully saturated rings. The Morgan fingerprint density at radius 2 is 1.93 bits per heavy atom. The topological polar surface area (TPSA) is 170 Å². The molecule has 0 aromatic carbocycles. The van der Waals surface area contributed by atoms with Gasteiger partial charge in [-0.05, 0) is 0 Å². The molecule has 0 bridgehead atoms. The van der Waals surface area contributed by atoms with Gasteiger partial charge in [-0.15, -0.1) is 0 Å². The van der Waals surface area contributed by atoms with Crippen LogP contribution in [0.5, 0.6) is 0 Å². The third-order valence-corrected chi connectivity index (χ3v) is 1.09. The number of anilines is 1. The summed E-state index contributed by atoms with van der Waals surface area (Å²) in [6, 6.07) is 0. The second-order valence-electron chi connectivity index (χ2n) is 2.29. The Balaban J connectivity index is 0.000000336. The maximum Gasteiger partial charge on any atom is 0.466 e. The zero-order chi connectivity index (χ0) is 12.1. The fourth-order valence-corrected chi connectivity index (χ4v) is 0.563. The Morgan fingerprint density at radius 1 is 1.47 bits per heavy atom. The van der Waals surface area contributed by atoms with Crippen LogP contribution in [0.3, 0.4) is 0 Å². The normalized spacial score (nSPS) is 10.4. The van der Waals surface area contributed by atoms with E-state index in [1.807, 2.05) is 0 Å². The summed E-state index contributed by atoms with van der Waals surface area (Å²) in [5.41, 5.74) is 5.17. The number of hydrogen-bond donors (Lipinski definition) is 6. The molecule has 1 heterocycles. The Kier molecular flexibility index (Phi) is 5.12. The van der Waals surface area contributed by atoms with Crippen LogP contribution in [0.4, 0.5) is 5.82 Å². The van der Waals surface area contributed by atoms with Crippen molar-refractivity contribution in [3.05, 3.63) is 22.2 Å². The molecule has 7 N–H and O–H groups in total. The molecule has 0 aliphatic heterocycles. The molecule has 0 saturated heterocycles.